The van der Waals surface area contributed by atoms with Crippen molar-refractivity contribution in [3.63, 3.8) is 0 Å². The average Bonchev–Trinajstić information content (AvgIpc) is 1.65. The number of imidazole rings is 6. The van der Waals surface area contributed by atoms with Crippen molar-refractivity contribution in [2.24, 2.45) is 28.1 Å². The molecule has 13 aromatic heterocycles. The number of aryl methyl sites for hydroxylation is 4. The molecular formula is C104H138Cl3N25O7. The molecule has 0 unspecified atom stereocenters. The molecule has 0 atom stereocenters. The second-order valence-corrected chi connectivity index (χ2v) is 43.6. The van der Waals surface area contributed by atoms with Crippen LogP contribution >= 0.6 is 34.8 Å². The van der Waals surface area contributed by atoms with Gasteiger partial charge in [-0.15, -0.1) is 0 Å². The number of pyridine rings is 7. The van der Waals surface area contributed by atoms with Gasteiger partial charge in [0.2, 0.25) is 71.1 Å². The van der Waals surface area contributed by atoms with Gasteiger partial charge >= 0.3 is 0 Å². The highest BCUT2D eigenvalue weighted by molar-refractivity contribution is 6.30. The van der Waals surface area contributed by atoms with Crippen molar-refractivity contribution in [1.82, 2.24) is 92.2 Å². The van der Waals surface area contributed by atoms with Gasteiger partial charge < -0.3 is 4.74 Å². The molecule has 6 aliphatic rings. The van der Waals surface area contributed by atoms with E-state index in [1.165, 1.54) is 57.8 Å². The summed E-state index contributed by atoms with van der Waals surface area (Å²) in [6.07, 6.45) is 29.4. The van der Waals surface area contributed by atoms with E-state index in [1.807, 2.05) is 164 Å². The predicted octanol–water partition coefficient (Wildman–Crippen LogP) is 24.3. The molecule has 0 aliphatic heterocycles. The molecule has 32 nitrogen and oxygen atoms in total. The molecular weight excluding hydrogens is 1820 g/mol. The Hall–Kier alpha value is -11.5. The third-order valence-electron chi connectivity index (χ3n) is 26.6. The average molecular weight is 1960 g/mol. The van der Waals surface area contributed by atoms with Crippen LogP contribution in [0.5, 0.6) is 0 Å². The second kappa shape index (κ2) is 45.0. The minimum Gasteiger partial charge on any atom is -0.378 e. The molecule has 6 saturated carbocycles. The number of hydrogen-bond donors (Lipinski definition) is 6. The van der Waals surface area contributed by atoms with Gasteiger partial charge in [0.05, 0.1) is 23.9 Å². The molecule has 6 N–H and O–H groups in total. The first kappa shape index (κ1) is 103. The fourth-order valence-electron chi connectivity index (χ4n) is 17.6. The Labute approximate surface area is 829 Å². The van der Waals surface area contributed by atoms with Gasteiger partial charge in [-0.3, -0.25) is 93.1 Å². The standard InChI is InChI=1S/C19H23N5O.C18H24N4O.2C17H23ClN4O.C17H24N4O2.C16H21ClN4O/c1-12-6-8-14(11-20-12)24-17-15(9-7-13(2)21-17)22-18(24)23-16(25)10-19(3,4)5;1-12-9-10-15-17(19-12)22(14-7-4-8-14)18(20-15)21-16(23)11-13-5-2-3-6-13;1-17(2,3)10-9-14(23)21-16-19-12-7-8-13(18)20-15(12)22(16)11-5-4-6-11;1-3-11(4-2)10-15(23)21-17-19-13-8-9-14(18)20-16(13)22(17)12-6-5-7-12;1-11-8-9-13-15(18-11)21(12-6-5-7-12)16(19-13)20-14(22)10-17(2,3)23-4;1-16(2,3)9-13(22)20-15-18-11-7-8-12(17)19-14(11)21(15)10-5-4-6-10/h6-9,11H,10H2,1-5H3,(H,22,23,25);9-10,13-14H,2-8,11H2,1H3,(H,20,21,23);7-8,11H,4-6,9-10H2,1-3H3,(H,19,21,23);8-9,11-12H,3-7,10H2,1-2H3,(H,19,21,23);8-9,12H,5-7,10H2,1-4H3,(H,19,20,22);7-8,10H,4-6,9H2,1-3H3,(H,18,20,22). The van der Waals surface area contributed by atoms with Crippen LogP contribution in [0.15, 0.2) is 91.1 Å². The van der Waals surface area contributed by atoms with E-state index in [0.717, 1.165) is 173 Å². The normalized spacial score (nSPS) is 15.5. The summed E-state index contributed by atoms with van der Waals surface area (Å²) >= 11 is 18.1. The van der Waals surface area contributed by atoms with Crippen LogP contribution in [0.1, 0.15) is 323 Å². The number of hydrogen-bond acceptors (Lipinski definition) is 20. The maximum atomic E-state index is 12.4. The highest BCUT2D eigenvalue weighted by atomic mass is 35.5. The van der Waals surface area contributed by atoms with E-state index < -0.39 is 5.60 Å². The fraction of sp³-hybridized carbons (Fsp3) is 0.548. The van der Waals surface area contributed by atoms with Crippen molar-refractivity contribution in [2.75, 3.05) is 39.0 Å². The molecule has 0 spiro atoms. The summed E-state index contributed by atoms with van der Waals surface area (Å²) in [7, 11) is 1.61. The second-order valence-electron chi connectivity index (χ2n) is 42.4. The zero-order valence-electron chi connectivity index (χ0n) is 84.0. The van der Waals surface area contributed by atoms with Crippen molar-refractivity contribution >= 4 is 173 Å². The van der Waals surface area contributed by atoms with E-state index in [-0.39, 0.29) is 58.1 Å². The molecule has 35 heteroatoms. The minimum absolute atomic E-state index is 0.00176. The number of aromatic nitrogens is 19. The SMILES string of the molecule is CC(C)(C)CC(=O)Nc1nc2ccc(Cl)nc2n1C1CCC1.CC(C)(C)CCC(=O)Nc1nc2ccc(Cl)nc2n1C1CCC1.CCC(CC)CC(=O)Nc1nc2ccc(Cl)nc2n1C1CCC1.COC(C)(C)CC(=O)Nc1nc2ccc(C)nc2n1C1CCC1.Cc1ccc(-n2c(NC(=O)CC(C)(C)C)nc3ccc(C)nc32)cn1.Cc1ccc2nc(NC(=O)CC3CCCC3)n(C3CCC3)c2n1. The van der Waals surface area contributed by atoms with Crippen molar-refractivity contribution in [2.45, 2.75) is 333 Å². The smallest absolute Gasteiger partial charge is 0.229 e. The molecule has 19 rings (SSSR count). The Morgan fingerprint density at radius 1 is 0.353 bits per heavy atom. The van der Waals surface area contributed by atoms with Crippen LogP contribution in [-0.4, -0.2) is 140 Å². The van der Waals surface area contributed by atoms with E-state index in [2.05, 4.69) is 145 Å². The number of amides is 6. The van der Waals surface area contributed by atoms with Crippen LogP contribution in [0.25, 0.3) is 72.7 Å². The highest BCUT2D eigenvalue weighted by Gasteiger charge is 2.35. The number of carbonyl (C=O) groups is 6. The van der Waals surface area contributed by atoms with Crippen molar-refractivity contribution in [3.8, 4) is 5.69 Å². The summed E-state index contributed by atoms with van der Waals surface area (Å²) in [4.78, 5) is 133. The Balaban J connectivity index is 0.000000133. The van der Waals surface area contributed by atoms with Crippen LogP contribution in [-0.2, 0) is 33.5 Å². The van der Waals surface area contributed by atoms with Crippen LogP contribution in [0, 0.1) is 55.8 Å². The number of ether oxygens (including phenoxy) is 1. The van der Waals surface area contributed by atoms with Crippen LogP contribution < -0.4 is 31.9 Å². The number of anilines is 6. The number of methoxy groups -OCH3 is 1. The summed E-state index contributed by atoms with van der Waals surface area (Å²) in [6, 6.07) is 28.2. The first-order valence-electron chi connectivity index (χ1n) is 49.6. The Kier molecular flexibility index (Phi) is 33.5. The lowest BCUT2D eigenvalue weighted by atomic mass is 9.90. The Morgan fingerprint density at radius 3 is 0.993 bits per heavy atom. The zero-order valence-corrected chi connectivity index (χ0v) is 86.3. The lowest BCUT2D eigenvalue weighted by Gasteiger charge is -2.29. The van der Waals surface area contributed by atoms with E-state index >= 15 is 0 Å². The van der Waals surface area contributed by atoms with Gasteiger partial charge in [-0.25, -0.2) is 59.8 Å². The molecule has 0 bridgehead atoms. The van der Waals surface area contributed by atoms with E-state index in [1.54, 1.807) is 31.5 Å². The monoisotopic (exact) mass is 1950 g/mol. The maximum absolute atomic E-state index is 12.4. The minimum atomic E-state index is -0.494. The molecule has 13 aromatic rings. The molecule has 0 saturated heterocycles. The Morgan fingerprint density at radius 2 is 0.662 bits per heavy atom. The van der Waals surface area contributed by atoms with Gasteiger partial charge in [-0.2, -0.15) is 0 Å². The Bertz CT molecular complexity index is 6420. The summed E-state index contributed by atoms with van der Waals surface area (Å²) in [5.74, 6) is 4.46. The number of fused-ring (bicyclic) bond motifs is 6. The highest BCUT2D eigenvalue weighted by Crippen LogP contribution is 2.44. The predicted molar refractivity (Wildman–Crippen MR) is 552 cm³/mol. The molecule has 0 radical (unpaired) electrons. The van der Waals surface area contributed by atoms with Crippen LogP contribution in [0.3, 0.4) is 0 Å². The van der Waals surface area contributed by atoms with Gasteiger partial charge in [-0.05, 0) is 270 Å². The van der Waals surface area contributed by atoms with Crippen molar-refractivity contribution in [3.05, 3.63) is 129 Å². The number of nitrogens with zero attached hydrogens (tertiary/aromatic N) is 19. The van der Waals surface area contributed by atoms with E-state index in [9.17, 15) is 28.8 Å². The number of carbonyl (C=O) groups excluding carboxylic acids is 6. The zero-order chi connectivity index (χ0) is 99.5. The quantitative estimate of drug-likeness (QED) is 0.0289. The first-order valence-corrected chi connectivity index (χ1v) is 50.7. The fourth-order valence-corrected chi connectivity index (χ4v) is 18.1. The first-order chi connectivity index (χ1) is 66.1. The third-order valence-corrected chi connectivity index (χ3v) is 27.2. The number of rotatable bonds is 25. The number of nitrogens with one attached hydrogen (secondary N) is 6. The molecule has 139 heavy (non-hydrogen) atoms. The van der Waals surface area contributed by atoms with E-state index in [0.29, 0.717) is 131 Å². The largest absolute Gasteiger partial charge is 0.378 e. The van der Waals surface area contributed by atoms with Crippen LogP contribution in [0.4, 0.5) is 35.7 Å². The summed E-state index contributed by atoms with van der Waals surface area (Å²) in [6.45, 7) is 34.5. The van der Waals surface area contributed by atoms with Gasteiger partial charge in [0, 0.05) is 92.2 Å². The van der Waals surface area contributed by atoms with Crippen LogP contribution in [0.2, 0.25) is 15.5 Å². The maximum Gasteiger partial charge on any atom is 0.229 e. The summed E-state index contributed by atoms with van der Waals surface area (Å²) in [5, 5.41) is 19.2. The topological polar surface area (TPSA) is 381 Å². The molecule has 6 fully saturated rings. The number of halogens is 3. The van der Waals surface area contributed by atoms with Gasteiger partial charge in [0.1, 0.15) is 48.6 Å². The summed E-state index contributed by atoms with van der Waals surface area (Å²) in [5.41, 5.74) is 13.6. The molecule has 13 heterocycles. The molecule has 6 amide bonds. The summed E-state index contributed by atoms with van der Waals surface area (Å²) < 4.78 is 17.5. The van der Waals surface area contributed by atoms with Gasteiger partial charge in [-0.1, -0.05) is 137 Å². The van der Waals surface area contributed by atoms with Gasteiger partial charge in [0.25, 0.3) is 0 Å². The van der Waals surface area contributed by atoms with Gasteiger partial charge in [0.15, 0.2) is 33.9 Å². The lowest BCUT2D eigenvalue weighted by Crippen LogP contribution is -2.30. The molecule has 0 aromatic carbocycles. The molecule has 742 valence electrons. The lowest BCUT2D eigenvalue weighted by molar-refractivity contribution is -0.121. The van der Waals surface area contributed by atoms with E-state index in [4.69, 9.17) is 39.5 Å². The van der Waals surface area contributed by atoms with Crippen molar-refractivity contribution < 1.29 is 33.5 Å². The molecule has 6 aliphatic carbocycles. The third kappa shape index (κ3) is 27.0. The van der Waals surface area contributed by atoms with Crippen molar-refractivity contribution in [1.29, 1.82) is 0 Å².